The van der Waals surface area contributed by atoms with Crippen LogP contribution >= 0.6 is 0 Å². The number of piperidine rings is 1. The van der Waals surface area contributed by atoms with Crippen LogP contribution in [-0.2, 0) is 9.59 Å². The van der Waals surface area contributed by atoms with Crippen LogP contribution in [0.15, 0.2) is 24.3 Å². The van der Waals surface area contributed by atoms with E-state index in [0.717, 1.165) is 31.2 Å². The van der Waals surface area contributed by atoms with E-state index in [0.29, 0.717) is 31.1 Å². The van der Waals surface area contributed by atoms with Crippen LogP contribution in [0.4, 0.5) is 10.5 Å². The average molecular weight is 428 g/mol. The molecule has 168 valence electrons. The van der Waals surface area contributed by atoms with E-state index in [2.05, 4.69) is 19.2 Å². The smallest absolute Gasteiger partial charge is 0.329 e. The van der Waals surface area contributed by atoms with E-state index in [1.807, 2.05) is 17.0 Å². The molecule has 0 radical (unpaired) electrons. The highest BCUT2D eigenvalue weighted by Gasteiger charge is 2.44. The molecule has 4 amide bonds. The second kappa shape index (κ2) is 8.61. The highest BCUT2D eigenvalue weighted by Crippen LogP contribution is 2.40. The number of urea groups is 1. The topological polar surface area (TPSA) is 90.0 Å². The molecule has 0 aromatic heterocycles. The number of rotatable bonds is 5. The summed E-state index contributed by atoms with van der Waals surface area (Å²) in [5.41, 5.74) is 1.08. The summed E-state index contributed by atoms with van der Waals surface area (Å²) in [7, 11) is 0. The standard InChI is InChI=1S/C24H33N3O4/c1-16(2)17-6-8-19(9-7-17)27-22(29)20(25-23(27)30)10-11-21(28)26-14-13-24(31)12-4-3-5-18(24)15-26/h6-9,16,18,20,31H,3-5,10-15H2,1-2H3,(H,25,30)/t18-,20-,24-/m1/s1. The van der Waals surface area contributed by atoms with Crippen LogP contribution < -0.4 is 10.2 Å². The number of hydrogen-bond donors (Lipinski definition) is 2. The Morgan fingerprint density at radius 2 is 1.94 bits per heavy atom. The van der Waals surface area contributed by atoms with Crippen LogP contribution in [-0.4, -0.2) is 52.6 Å². The second-order valence-electron chi connectivity index (χ2n) is 9.60. The van der Waals surface area contributed by atoms with Gasteiger partial charge in [0.15, 0.2) is 0 Å². The number of nitrogens with one attached hydrogen (secondary N) is 1. The maximum atomic E-state index is 12.8. The maximum absolute atomic E-state index is 12.8. The van der Waals surface area contributed by atoms with Gasteiger partial charge >= 0.3 is 6.03 Å². The fourth-order valence-electron chi connectivity index (χ4n) is 5.20. The molecule has 3 fully saturated rings. The molecule has 1 aliphatic carbocycles. The van der Waals surface area contributed by atoms with Gasteiger partial charge in [-0.05, 0) is 49.3 Å². The predicted octanol–water partition coefficient (Wildman–Crippen LogP) is 3.17. The van der Waals surface area contributed by atoms with E-state index >= 15 is 0 Å². The minimum absolute atomic E-state index is 0.00518. The van der Waals surface area contributed by atoms with Gasteiger partial charge in [-0.1, -0.05) is 38.8 Å². The van der Waals surface area contributed by atoms with Crippen molar-refractivity contribution < 1.29 is 19.5 Å². The van der Waals surface area contributed by atoms with Crippen molar-refractivity contribution in [3.05, 3.63) is 29.8 Å². The normalized spacial score (nSPS) is 28.6. The third-order valence-corrected chi connectivity index (χ3v) is 7.26. The number of anilines is 1. The summed E-state index contributed by atoms with van der Waals surface area (Å²) in [5.74, 6) is 0.205. The number of nitrogens with zero attached hydrogens (tertiary/aromatic N) is 2. The van der Waals surface area contributed by atoms with Gasteiger partial charge in [0.1, 0.15) is 6.04 Å². The van der Waals surface area contributed by atoms with Crippen LogP contribution in [0.3, 0.4) is 0 Å². The summed E-state index contributed by atoms with van der Waals surface area (Å²) in [6, 6.07) is 6.32. The zero-order chi connectivity index (χ0) is 22.2. The van der Waals surface area contributed by atoms with Crippen molar-refractivity contribution in [2.75, 3.05) is 18.0 Å². The van der Waals surface area contributed by atoms with Crippen LogP contribution in [0.1, 0.15) is 70.3 Å². The Morgan fingerprint density at radius 1 is 1.19 bits per heavy atom. The molecule has 2 saturated heterocycles. The molecular formula is C24H33N3O4. The highest BCUT2D eigenvalue weighted by molar-refractivity contribution is 6.21. The van der Waals surface area contributed by atoms with E-state index in [9.17, 15) is 19.5 Å². The minimum atomic E-state index is -0.683. The Morgan fingerprint density at radius 3 is 2.65 bits per heavy atom. The van der Waals surface area contributed by atoms with Gasteiger partial charge in [-0.15, -0.1) is 0 Å². The molecule has 0 spiro atoms. The van der Waals surface area contributed by atoms with Crippen LogP contribution in [0, 0.1) is 5.92 Å². The fraction of sp³-hybridized carbons (Fsp3) is 0.625. The van der Waals surface area contributed by atoms with Gasteiger partial charge in [0.2, 0.25) is 5.91 Å². The lowest BCUT2D eigenvalue weighted by molar-refractivity contribution is -0.143. The lowest BCUT2D eigenvalue weighted by Gasteiger charge is -2.47. The van der Waals surface area contributed by atoms with Crippen molar-refractivity contribution in [2.24, 2.45) is 5.92 Å². The van der Waals surface area contributed by atoms with Crippen LogP contribution in [0.25, 0.3) is 0 Å². The number of hydrogen-bond acceptors (Lipinski definition) is 4. The van der Waals surface area contributed by atoms with Gasteiger partial charge in [-0.25, -0.2) is 9.69 Å². The molecule has 7 heteroatoms. The molecule has 3 atom stereocenters. The molecule has 4 rings (SSSR count). The Bertz CT molecular complexity index is 853. The summed E-state index contributed by atoms with van der Waals surface area (Å²) in [4.78, 5) is 41.0. The van der Waals surface area contributed by atoms with E-state index < -0.39 is 17.7 Å². The molecule has 2 heterocycles. The number of aliphatic hydroxyl groups is 1. The van der Waals surface area contributed by atoms with Crippen molar-refractivity contribution in [1.82, 2.24) is 10.2 Å². The predicted molar refractivity (Wildman–Crippen MR) is 118 cm³/mol. The molecule has 7 nitrogen and oxygen atoms in total. The number of fused-ring (bicyclic) bond motifs is 1. The van der Waals surface area contributed by atoms with E-state index in [1.54, 1.807) is 12.1 Å². The SMILES string of the molecule is CC(C)c1ccc(N2C(=O)N[C@H](CCC(=O)N3CC[C@]4(O)CCCC[C@@H]4C3)C2=O)cc1. The van der Waals surface area contributed by atoms with Crippen molar-refractivity contribution in [2.45, 2.75) is 76.4 Å². The molecular weight excluding hydrogens is 394 g/mol. The summed E-state index contributed by atoms with van der Waals surface area (Å²) in [6.07, 6.45) is 5.07. The van der Waals surface area contributed by atoms with Gasteiger partial charge in [-0.2, -0.15) is 0 Å². The maximum Gasteiger partial charge on any atom is 0.329 e. The molecule has 1 aromatic rings. The molecule has 3 aliphatic rings. The van der Waals surface area contributed by atoms with E-state index in [1.165, 1.54) is 4.90 Å². The van der Waals surface area contributed by atoms with Gasteiger partial charge in [-0.3, -0.25) is 9.59 Å². The molecule has 2 N–H and O–H groups in total. The fourth-order valence-corrected chi connectivity index (χ4v) is 5.20. The lowest BCUT2D eigenvalue weighted by atomic mass is 9.71. The van der Waals surface area contributed by atoms with Gasteiger partial charge in [0, 0.05) is 25.4 Å². The minimum Gasteiger partial charge on any atom is -0.389 e. The lowest BCUT2D eigenvalue weighted by Crippen LogP contribution is -2.54. The summed E-state index contributed by atoms with van der Waals surface area (Å²) in [6.45, 7) is 5.33. The summed E-state index contributed by atoms with van der Waals surface area (Å²) < 4.78 is 0. The van der Waals surface area contributed by atoms with Crippen LogP contribution in [0.5, 0.6) is 0 Å². The average Bonchev–Trinajstić information content (AvgIpc) is 3.04. The van der Waals surface area contributed by atoms with Crippen molar-refractivity contribution in [3.63, 3.8) is 0 Å². The molecule has 1 saturated carbocycles. The first-order valence-corrected chi connectivity index (χ1v) is 11.5. The second-order valence-corrected chi connectivity index (χ2v) is 9.60. The quantitative estimate of drug-likeness (QED) is 0.707. The third-order valence-electron chi connectivity index (χ3n) is 7.26. The van der Waals surface area contributed by atoms with Gasteiger partial charge in [0.25, 0.3) is 5.91 Å². The number of amides is 4. The first kappa shape index (κ1) is 21.8. The van der Waals surface area contributed by atoms with Crippen molar-refractivity contribution in [1.29, 1.82) is 0 Å². The zero-order valence-electron chi connectivity index (χ0n) is 18.5. The molecule has 0 bridgehead atoms. The van der Waals surface area contributed by atoms with E-state index in [4.69, 9.17) is 0 Å². The number of carbonyl (C=O) groups is 3. The molecule has 31 heavy (non-hydrogen) atoms. The van der Waals surface area contributed by atoms with Crippen LogP contribution in [0.2, 0.25) is 0 Å². The Kier molecular flexibility index (Phi) is 6.06. The van der Waals surface area contributed by atoms with Crippen molar-refractivity contribution >= 4 is 23.5 Å². The number of imide groups is 1. The largest absolute Gasteiger partial charge is 0.389 e. The Labute approximate surface area is 183 Å². The number of carbonyl (C=O) groups excluding carboxylic acids is 3. The first-order chi connectivity index (χ1) is 14.8. The number of benzene rings is 1. The summed E-state index contributed by atoms with van der Waals surface area (Å²) in [5, 5.41) is 13.5. The summed E-state index contributed by atoms with van der Waals surface area (Å²) >= 11 is 0. The Balaban J connectivity index is 1.33. The van der Waals surface area contributed by atoms with Crippen molar-refractivity contribution in [3.8, 4) is 0 Å². The zero-order valence-corrected chi connectivity index (χ0v) is 18.5. The number of likely N-dealkylation sites (tertiary alicyclic amines) is 1. The highest BCUT2D eigenvalue weighted by atomic mass is 16.3. The third kappa shape index (κ3) is 4.33. The monoisotopic (exact) mass is 427 g/mol. The molecule has 2 aliphatic heterocycles. The van der Waals surface area contributed by atoms with Gasteiger partial charge in [0.05, 0.1) is 11.3 Å². The first-order valence-electron chi connectivity index (χ1n) is 11.5. The van der Waals surface area contributed by atoms with Gasteiger partial charge < -0.3 is 15.3 Å². The molecule has 1 aromatic carbocycles. The molecule has 0 unspecified atom stereocenters. The van der Waals surface area contributed by atoms with E-state index in [-0.39, 0.29) is 30.6 Å². The Hall–Kier alpha value is -2.41.